The lowest BCUT2D eigenvalue weighted by Gasteiger charge is -2.34. The van der Waals surface area contributed by atoms with Crippen LogP contribution in [0.15, 0.2) is 11.0 Å². The summed E-state index contributed by atoms with van der Waals surface area (Å²) in [6.07, 6.45) is -0.813. The van der Waals surface area contributed by atoms with Crippen molar-refractivity contribution >= 4 is 29.5 Å². The van der Waals surface area contributed by atoms with Crippen molar-refractivity contribution < 1.29 is 35.1 Å². The first kappa shape index (κ1) is 32.5. The Bertz CT molecular complexity index is 879. The number of aliphatic hydroxyl groups is 5. The topological polar surface area (TPSA) is 148 Å². The number of carbonyl (C=O) groups excluding carboxylic acids is 2. The van der Waals surface area contributed by atoms with Gasteiger partial charge in [0.25, 0.3) is 0 Å². The van der Waals surface area contributed by atoms with E-state index in [9.17, 15) is 35.1 Å². The van der Waals surface area contributed by atoms with Gasteiger partial charge in [-0.3, -0.25) is 4.79 Å². The van der Waals surface area contributed by atoms with Gasteiger partial charge >= 0.3 is 0 Å². The molecule has 1 aromatic rings. The number of thiazole rings is 1. The SMILES string of the molecule is C/C(=C\c1csc(C)n1)C(O)C(O)CC(C)(O)CCCC(C)C(O)C(C)C(=O)C(C)(C)C(O)CC=O. The van der Waals surface area contributed by atoms with E-state index in [0.717, 1.165) is 10.7 Å². The molecule has 7 unspecified atom stereocenters. The van der Waals surface area contributed by atoms with Crippen LogP contribution in [0, 0.1) is 24.2 Å². The number of hydrogen-bond acceptors (Lipinski definition) is 9. The fourth-order valence-electron chi connectivity index (χ4n) is 4.49. The Labute approximate surface area is 219 Å². The van der Waals surface area contributed by atoms with Gasteiger partial charge in [0.05, 0.1) is 40.0 Å². The van der Waals surface area contributed by atoms with E-state index < -0.39 is 41.3 Å². The fraction of sp³-hybridized carbons (Fsp3) is 0.741. The summed E-state index contributed by atoms with van der Waals surface area (Å²) in [7, 11) is 0. The highest BCUT2D eigenvalue weighted by Crippen LogP contribution is 2.32. The zero-order valence-electron chi connectivity index (χ0n) is 22.6. The summed E-state index contributed by atoms with van der Waals surface area (Å²) in [4.78, 5) is 27.9. The lowest BCUT2D eigenvalue weighted by atomic mass is 9.73. The summed E-state index contributed by atoms with van der Waals surface area (Å²) in [5.74, 6) is -1.29. The van der Waals surface area contributed by atoms with E-state index in [-0.39, 0.29) is 24.5 Å². The molecule has 0 aliphatic carbocycles. The molecule has 0 saturated carbocycles. The number of aromatic nitrogens is 1. The molecule has 0 aliphatic rings. The van der Waals surface area contributed by atoms with Crippen LogP contribution in [0.25, 0.3) is 6.08 Å². The molecule has 0 radical (unpaired) electrons. The van der Waals surface area contributed by atoms with E-state index in [1.807, 2.05) is 19.2 Å². The molecule has 1 rings (SSSR count). The number of hydrogen-bond donors (Lipinski definition) is 5. The molecule has 1 aromatic heterocycles. The number of Topliss-reactive ketones (excluding diaryl/α,β-unsaturated/α-hetero) is 1. The van der Waals surface area contributed by atoms with Crippen LogP contribution in [0.3, 0.4) is 0 Å². The van der Waals surface area contributed by atoms with E-state index in [4.69, 9.17) is 0 Å². The maximum atomic E-state index is 12.9. The van der Waals surface area contributed by atoms with Gasteiger partial charge in [-0.2, -0.15) is 0 Å². The molecule has 206 valence electrons. The van der Waals surface area contributed by atoms with E-state index in [0.29, 0.717) is 31.1 Å². The molecule has 8 nitrogen and oxygen atoms in total. The van der Waals surface area contributed by atoms with Gasteiger partial charge < -0.3 is 30.3 Å². The van der Waals surface area contributed by atoms with Gasteiger partial charge in [0, 0.05) is 24.1 Å². The van der Waals surface area contributed by atoms with Crippen molar-refractivity contribution in [3.63, 3.8) is 0 Å². The smallest absolute Gasteiger partial charge is 0.146 e. The van der Waals surface area contributed by atoms with Crippen LogP contribution in [0.5, 0.6) is 0 Å². The highest BCUT2D eigenvalue weighted by molar-refractivity contribution is 7.09. The second-order valence-electron chi connectivity index (χ2n) is 11.0. The van der Waals surface area contributed by atoms with Crippen molar-refractivity contribution in [1.29, 1.82) is 0 Å². The normalized spacial score (nSPS) is 19.6. The predicted octanol–water partition coefficient (Wildman–Crippen LogP) is 3.07. The molecule has 1 heterocycles. The molecule has 0 saturated heterocycles. The Morgan fingerprint density at radius 1 is 1.17 bits per heavy atom. The zero-order valence-corrected chi connectivity index (χ0v) is 23.5. The van der Waals surface area contributed by atoms with E-state index in [1.165, 1.54) is 11.3 Å². The Balaban J connectivity index is 2.61. The van der Waals surface area contributed by atoms with E-state index in [2.05, 4.69) is 4.98 Å². The number of carbonyl (C=O) groups is 2. The molecule has 0 fully saturated rings. The first-order valence-corrected chi connectivity index (χ1v) is 13.4. The number of ketones is 1. The Morgan fingerprint density at radius 2 is 1.78 bits per heavy atom. The Hall–Kier alpha value is -1.49. The summed E-state index contributed by atoms with van der Waals surface area (Å²) in [5.41, 5.74) is -1.12. The maximum Gasteiger partial charge on any atom is 0.146 e. The van der Waals surface area contributed by atoms with Crippen molar-refractivity contribution in [1.82, 2.24) is 4.98 Å². The first-order chi connectivity index (χ1) is 16.5. The van der Waals surface area contributed by atoms with Crippen LogP contribution in [0.4, 0.5) is 0 Å². The minimum absolute atomic E-state index is 0.0237. The molecule has 7 atom stereocenters. The van der Waals surface area contributed by atoms with Crippen molar-refractivity contribution in [2.75, 3.05) is 0 Å². The van der Waals surface area contributed by atoms with Gasteiger partial charge in [0.15, 0.2) is 0 Å². The van der Waals surface area contributed by atoms with Crippen LogP contribution in [0.1, 0.15) is 84.3 Å². The summed E-state index contributed by atoms with van der Waals surface area (Å²) in [5, 5.41) is 55.5. The van der Waals surface area contributed by atoms with Crippen molar-refractivity contribution in [3.8, 4) is 0 Å². The monoisotopic (exact) mass is 527 g/mol. The number of aldehydes is 1. The number of aliphatic hydroxyl groups excluding tert-OH is 4. The van der Waals surface area contributed by atoms with Crippen molar-refractivity contribution in [2.24, 2.45) is 17.3 Å². The minimum atomic E-state index is -1.23. The van der Waals surface area contributed by atoms with Crippen LogP contribution < -0.4 is 0 Å². The number of nitrogens with zero attached hydrogens (tertiary/aromatic N) is 1. The van der Waals surface area contributed by atoms with Gasteiger partial charge in [-0.1, -0.05) is 34.1 Å². The third kappa shape index (κ3) is 9.43. The second kappa shape index (κ2) is 13.9. The van der Waals surface area contributed by atoms with Gasteiger partial charge in [0.1, 0.15) is 18.2 Å². The maximum absolute atomic E-state index is 12.9. The molecular weight excluding hydrogens is 482 g/mol. The standard InChI is InChI=1S/C27H45NO7S/c1-16(23(32)18(3)25(34)26(5,6)22(31)10-12-29)9-8-11-27(7,35)14-21(30)24(33)17(2)13-20-15-36-19(4)28-20/h12-13,15-16,18,21-24,30-33,35H,8-11,14H2,1-7H3/b17-13+. The summed E-state index contributed by atoms with van der Waals surface area (Å²) in [6.45, 7) is 11.8. The van der Waals surface area contributed by atoms with Crippen LogP contribution in [0.2, 0.25) is 0 Å². The summed E-state index contributed by atoms with van der Waals surface area (Å²) in [6, 6.07) is 0. The van der Waals surface area contributed by atoms with Gasteiger partial charge in [-0.15, -0.1) is 11.3 Å². The largest absolute Gasteiger partial charge is 0.392 e. The molecule has 5 N–H and O–H groups in total. The highest BCUT2D eigenvalue weighted by atomic mass is 32.1. The molecule has 0 amide bonds. The van der Waals surface area contributed by atoms with Crippen LogP contribution >= 0.6 is 11.3 Å². The molecule has 0 bridgehead atoms. The molecular formula is C27H45NO7S. The molecule has 0 aliphatic heterocycles. The average Bonchev–Trinajstić information content (AvgIpc) is 3.20. The molecule has 0 spiro atoms. The quantitative estimate of drug-likeness (QED) is 0.206. The number of rotatable bonds is 16. The van der Waals surface area contributed by atoms with Crippen molar-refractivity contribution in [2.45, 2.75) is 111 Å². The molecule has 36 heavy (non-hydrogen) atoms. The van der Waals surface area contributed by atoms with E-state index in [1.54, 1.807) is 40.7 Å². The molecule has 9 heteroatoms. The Kier molecular flexibility index (Phi) is 12.5. The molecule has 0 aromatic carbocycles. The lowest BCUT2D eigenvalue weighted by molar-refractivity contribution is -0.142. The highest BCUT2D eigenvalue weighted by Gasteiger charge is 2.41. The predicted molar refractivity (Wildman–Crippen MR) is 141 cm³/mol. The minimum Gasteiger partial charge on any atom is -0.392 e. The third-order valence-electron chi connectivity index (χ3n) is 7.16. The fourth-order valence-corrected chi connectivity index (χ4v) is 5.06. The average molecular weight is 528 g/mol. The first-order valence-electron chi connectivity index (χ1n) is 12.6. The second-order valence-corrected chi connectivity index (χ2v) is 12.1. The van der Waals surface area contributed by atoms with Crippen molar-refractivity contribution in [3.05, 3.63) is 21.7 Å². The zero-order chi connectivity index (χ0) is 27.8. The van der Waals surface area contributed by atoms with Gasteiger partial charge in [0.2, 0.25) is 0 Å². The number of aryl methyl sites for hydroxylation is 1. The Morgan fingerprint density at radius 3 is 2.31 bits per heavy atom. The van der Waals surface area contributed by atoms with E-state index >= 15 is 0 Å². The van der Waals surface area contributed by atoms with Gasteiger partial charge in [-0.25, -0.2) is 4.98 Å². The third-order valence-corrected chi connectivity index (χ3v) is 7.96. The van der Waals surface area contributed by atoms with Gasteiger partial charge in [-0.05, 0) is 51.2 Å². The summed E-state index contributed by atoms with van der Waals surface area (Å²) >= 11 is 1.50. The lowest BCUT2D eigenvalue weighted by Crippen LogP contribution is -2.45. The van der Waals surface area contributed by atoms with Crippen LogP contribution in [-0.4, -0.2) is 72.6 Å². The van der Waals surface area contributed by atoms with Crippen LogP contribution in [-0.2, 0) is 9.59 Å². The summed E-state index contributed by atoms with van der Waals surface area (Å²) < 4.78 is 0.